The monoisotopic (exact) mass is 277 g/mol. The van der Waals surface area contributed by atoms with Crippen LogP contribution in [0.25, 0.3) is 0 Å². The number of hydrogen-bond acceptors (Lipinski definition) is 4. The lowest BCUT2D eigenvalue weighted by molar-refractivity contribution is 0.0696. The summed E-state index contributed by atoms with van der Waals surface area (Å²) in [7, 11) is 0. The van der Waals surface area contributed by atoms with Crippen molar-refractivity contribution in [3.8, 4) is 0 Å². The van der Waals surface area contributed by atoms with Crippen molar-refractivity contribution in [3.63, 3.8) is 0 Å². The molecule has 0 radical (unpaired) electrons. The molecule has 2 rings (SSSR count). The van der Waals surface area contributed by atoms with Gasteiger partial charge < -0.3 is 16.2 Å². The maximum absolute atomic E-state index is 10.9. The highest BCUT2D eigenvalue weighted by molar-refractivity contribution is 5.89. The number of hydrogen-bond donors (Lipinski definition) is 3. The summed E-state index contributed by atoms with van der Waals surface area (Å²) in [4.78, 5) is 15.0. The van der Waals surface area contributed by atoms with Gasteiger partial charge in [-0.25, -0.2) is 9.78 Å². The quantitative estimate of drug-likeness (QED) is 0.769. The second kappa shape index (κ2) is 6.59. The highest BCUT2D eigenvalue weighted by Crippen LogP contribution is 2.30. The molecule has 1 atom stereocenters. The highest BCUT2D eigenvalue weighted by Gasteiger charge is 2.23. The third kappa shape index (κ3) is 3.40. The van der Waals surface area contributed by atoms with Crippen LogP contribution in [-0.4, -0.2) is 22.1 Å². The first-order valence-corrected chi connectivity index (χ1v) is 7.37. The number of nitrogens with one attached hydrogen (secondary N) is 1. The molecule has 5 nitrogen and oxygen atoms in total. The molecule has 1 aliphatic carbocycles. The van der Waals surface area contributed by atoms with Crippen LogP contribution in [0.3, 0.4) is 0 Å². The fraction of sp³-hybridized carbons (Fsp3) is 0.600. The molecule has 0 aliphatic heterocycles. The lowest BCUT2D eigenvalue weighted by atomic mass is 9.83. The van der Waals surface area contributed by atoms with Crippen LogP contribution in [0.15, 0.2) is 12.3 Å². The number of carboxylic acid groups (broad SMARTS) is 1. The molecule has 20 heavy (non-hydrogen) atoms. The van der Waals surface area contributed by atoms with Crippen molar-refractivity contribution >= 4 is 17.5 Å². The Balaban J connectivity index is 2.08. The van der Waals surface area contributed by atoms with E-state index in [0.29, 0.717) is 23.5 Å². The fourth-order valence-electron chi connectivity index (χ4n) is 2.98. The van der Waals surface area contributed by atoms with Crippen LogP contribution < -0.4 is 11.1 Å². The van der Waals surface area contributed by atoms with Crippen molar-refractivity contribution in [1.29, 1.82) is 0 Å². The second-order valence-electron chi connectivity index (χ2n) is 5.52. The van der Waals surface area contributed by atoms with E-state index in [0.717, 1.165) is 6.42 Å². The lowest BCUT2D eigenvalue weighted by Gasteiger charge is -2.31. The van der Waals surface area contributed by atoms with Gasteiger partial charge in [0.1, 0.15) is 5.82 Å². The Hall–Kier alpha value is -1.78. The number of carboxylic acids is 1. The molecule has 0 bridgehead atoms. The van der Waals surface area contributed by atoms with E-state index in [1.54, 1.807) is 0 Å². The van der Waals surface area contributed by atoms with E-state index in [9.17, 15) is 4.79 Å². The largest absolute Gasteiger partial charge is 0.478 e. The average Bonchev–Trinajstić information content (AvgIpc) is 2.46. The molecule has 1 aliphatic rings. The Labute approximate surface area is 119 Å². The molecule has 0 amide bonds. The number of anilines is 2. The first-order chi connectivity index (χ1) is 9.61. The minimum absolute atomic E-state index is 0.124. The van der Waals surface area contributed by atoms with Gasteiger partial charge in [0, 0.05) is 12.2 Å². The minimum Gasteiger partial charge on any atom is -0.478 e. The molecular formula is C15H23N3O2. The molecule has 0 saturated heterocycles. The van der Waals surface area contributed by atoms with Crippen molar-refractivity contribution in [1.82, 2.24) is 4.98 Å². The summed E-state index contributed by atoms with van der Waals surface area (Å²) >= 11 is 0. The zero-order valence-corrected chi connectivity index (χ0v) is 11.9. The first-order valence-electron chi connectivity index (χ1n) is 7.37. The zero-order chi connectivity index (χ0) is 14.5. The summed E-state index contributed by atoms with van der Waals surface area (Å²) < 4.78 is 0. The van der Waals surface area contributed by atoms with Crippen molar-refractivity contribution in [2.75, 3.05) is 11.1 Å². The van der Waals surface area contributed by atoms with Crippen LogP contribution >= 0.6 is 0 Å². The van der Waals surface area contributed by atoms with Gasteiger partial charge in [-0.1, -0.05) is 26.2 Å². The van der Waals surface area contributed by atoms with E-state index >= 15 is 0 Å². The van der Waals surface area contributed by atoms with Gasteiger partial charge in [-0.3, -0.25) is 0 Å². The van der Waals surface area contributed by atoms with Gasteiger partial charge in [0.15, 0.2) is 0 Å². The smallest absolute Gasteiger partial charge is 0.337 e. The van der Waals surface area contributed by atoms with Gasteiger partial charge in [-0.05, 0) is 31.2 Å². The second-order valence-corrected chi connectivity index (χ2v) is 5.52. The lowest BCUT2D eigenvalue weighted by Crippen LogP contribution is -2.30. The van der Waals surface area contributed by atoms with Gasteiger partial charge in [0.25, 0.3) is 0 Å². The van der Waals surface area contributed by atoms with E-state index in [2.05, 4.69) is 17.2 Å². The predicted octanol–water partition coefficient (Wildman–Crippen LogP) is 3.13. The van der Waals surface area contributed by atoms with Crippen molar-refractivity contribution in [2.24, 2.45) is 5.92 Å². The Morgan fingerprint density at radius 3 is 2.75 bits per heavy atom. The molecule has 1 aromatic rings. The van der Waals surface area contributed by atoms with E-state index in [-0.39, 0.29) is 5.56 Å². The third-order valence-corrected chi connectivity index (χ3v) is 4.14. The maximum Gasteiger partial charge on any atom is 0.337 e. The number of carbonyl (C=O) groups is 1. The number of nitrogens with two attached hydrogens (primary N) is 1. The molecule has 0 spiro atoms. The van der Waals surface area contributed by atoms with Gasteiger partial charge in [0.2, 0.25) is 0 Å². The topological polar surface area (TPSA) is 88.2 Å². The molecule has 1 aromatic heterocycles. The van der Waals surface area contributed by atoms with Gasteiger partial charge >= 0.3 is 5.97 Å². The molecule has 1 heterocycles. The third-order valence-electron chi connectivity index (χ3n) is 4.14. The average molecular weight is 277 g/mol. The number of rotatable bonds is 5. The Morgan fingerprint density at radius 2 is 2.20 bits per heavy atom. The van der Waals surface area contributed by atoms with Crippen molar-refractivity contribution in [3.05, 3.63) is 17.8 Å². The van der Waals surface area contributed by atoms with Gasteiger partial charge in [0.05, 0.1) is 11.3 Å². The summed E-state index contributed by atoms with van der Waals surface area (Å²) in [6, 6.07) is 1.83. The molecule has 1 saturated carbocycles. The van der Waals surface area contributed by atoms with E-state index < -0.39 is 5.97 Å². The number of aromatic nitrogens is 1. The van der Waals surface area contributed by atoms with Crippen molar-refractivity contribution in [2.45, 2.75) is 51.5 Å². The van der Waals surface area contributed by atoms with Crippen LogP contribution in [-0.2, 0) is 0 Å². The Morgan fingerprint density at radius 1 is 1.50 bits per heavy atom. The summed E-state index contributed by atoms with van der Waals surface area (Å²) in [5, 5.41) is 12.3. The van der Waals surface area contributed by atoms with E-state index in [1.807, 2.05) is 0 Å². The van der Waals surface area contributed by atoms with Crippen LogP contribution in [0.2, 0.25) is 0 Å². The zero-order valence-electron chi connectivity index (χ0n) is 11.9. The van der Waals surface area contributed by atoms with Crippen LogP contribution in [0.1, 0.15) is 55.8 Å². The van der Waals surface area contributed by atoms with E-state index in [4.69, 9.17) is 10.8 Å². The molecule has 5 heteroatoms. The fourth-order valence-corrected chi connectivity index (χ4v) is 2.98. The number of nitrogen functional groups attached to an aromatic ring is 1. The SMILES string of the molecule is CCC(Nc1ncc(C(=O)O)cc1N)C1CCCCC1. The number of pyridine rings is 1. The number of nitrogens with zero attached hydrogens (tertiary/aromatic N) is 1. The molecule has 0 aromatic carbocycles. The minimum atomic E-state index is -1.00. The van der Waals surface area contributed by atoms with Crippen molar-refractivity contribution < 1.29 is 9.90 Å². The predicted molar refractivity (Wildman–Crippen MR) is 79.9 cm³/mol. The molecule has 4 N–H and O–H groups in total. The van der Waals surface area contributed by atoms with Gasteiger partial charge in [-0.15, -0.1) is 0 Å². The maximum atomic E-state index is 10.9. The van der Waals surface area contributed by atoms with E-state index in [1.165, 1.54) is 44.4 Å². The summed E-state index contributed by atoms with van der Waals surface area (Å²) in [6.07, 6.45) is 8.80. The normalized spacial score (nSPS) is 17.6. The molecule has 110 valence electrons. The Kier molecular flexibility index (Phi) is 4.82. The first kappa shape index (κ1) is 14.6. The highest BCUT2D eigenvalue weighted by atomic mass is 16.4. The van der Waals surface area contributed by atoms with Gasteiger partial charge in [-0.2, -0.15) is 0 Å². The Bertz CT molecular complexity index is 470. The molecular weight excluding hydrogens is 254 g/mol. The number of aromatic carboxylic acids is 1. The molecule has 1 fully saturated rings. The molecule has 1 unspecified atom stereocenters. The van der Waals surface area contributed by atoms with Crippen LogP contribution in [0.4, 0.5) is 11.5 Å². The summed E-state index contributed by atoms with van der Waals surface area (Å²) in [5.74, 6) is 0.261. The van der Waals surface area contributed by atoms with Crippen LogP contribution in [0.5, 0.6) is 0 Å². The summed E-state index contributed by atoms with van der Waals surface area (Å²) in [5.41, 5.74) is 6.43. The summed E-state index contributed by atoms with van der Waals surface area (Å²) in [6.45, 7) is 2.16. The van der Waals surface area contributed by atoms with Crippen LogP contribution in [0, 0.1) is 5.92 Å². The standard InChI is InChI=1S/C15H23N3O2/c1-2-13(10-6-4-3-5-7-10)18-14-12(16)8-11(9-17-14)15(19)20/h8-10,13H,2-7,16H2,1H3,(H,17,18)(H,19,20).